The topological polar surface area (TPSA) is 38.9 Å². The molecular weight excluding hydrogens is 253 g/mol. The van der Waals surface area contributed by atoms with Crippen molar-refractivity contribution in [3.8, 4) is 0 Å². The first-order valence-corrected chi connectivity index (χ1v) is 5.74. The lowest BCUT2D eigenvalue weighted by Gasteiger charge is -2.17. The molecule has 100 valence electrons. The van der Waals surface area contributed by atoms with Gasteiger partial charge in [-0.3, -0.25) is 4.98 Å². The highest BCUT2D eigenvalue weighted by molar-refractivity contribution is 5.34. The molecule has 1 aromatic heterocycles. The number of pyridine rings is 1. The van der Waals surface area contributed by atoms with E-state index in [0.29, 0.717) is 5.56 Å². The molecule has 2 nitrogen and oxygen atoms in total. The van der Waals surface area contributed by atoms with E-state index >= 15 is 0 Å². The van der Waals surface area contributed by atoms with Gasteiger partial charge in [0.2, 0.25) is 0 Å². The summed E-state index contributed by atoms with van der Waals surface area (Å²) in [5, 5.41) is 0. The van der Waals surface area contributed by atoms with Crippen LogP contribution in [-0.4, -0.2) is 4.98 Å². The Hall–Kier alpha value is -1.88. The molecule has 5 heteroatoms. The molecule has 2 aromatic rings. The molecule has 0 fully saturated rings. The van der Waals surface area contributed by atoms with E-state index in [0.717, 1.165) is 11.6 Å². The third kappa shape index (κ3) is 2.93. The normalized spacial score (nSPS) is 13.3. The number of nitrogens with zero attached hydrogens (tertiary/aromatic N) is 1. The van der Waals surface area contributed by atoms with Crippen LogP contribution in [0.4, 0.5) is 13.2 Å². The summed E-state index contributed by atoms with van der Waals surface area (Å²) in [6, 6.07) is 8.42. The van der Waals surface area contributed by atoms with Crippen LogP contribution >= 0.6 is 0 Å². The molecule has 0 bridgehead atoms. The molecule has 0 amide bonds. The number of nitrogens with two attached hydrogens (primary N) is 1. The van der Waals surface area contributed by atoms with Crippen molar-refractivity contribution in [3.63, 3.8) is 0 Å². The molecule has 1 aromatic carbocycles. The predicted molar refractivity (Wildman–Crippen MR) is 66.4 cm³/mol. The van der Waals surface area contributed by atoms with Gasteiger partial charge in [-0.15, -0.1) is 0 Å². The van der Waals surface area contributed by atoms with Gasteiger partial charge in [0.1, 0.15) is 0 Å². The second-order valence-electron chi connectivity index (χ2n) is 4.32. The molecule has 19 heavy (non-hydrogen) atoms. The third-order valence-corrected chi connectivity index (χ3v) is 2.87. The van der Waals surface area contributed by atoms with E-state index in [-0.39, 0.29) is 5.69 Å². The molecule has 2 rings (SSSR count). The fourth-order valence-electron chi connectivity index (χ4n) is 1.84. The zero-order valence-corrected chi connectivity index (χ0v) is 10.3. The molecule has 0 aliphatic rings. The summed E-state index contributed by atoms with van der Waals surface area (Å²) in [4.78, 5) is 3.80. The lowest BCUT2D eigenvalue weighted by molar-refractivity contribution is -0.138. The number of benzene rings is 1. The molecule has 2 N–H and O–H groups in total. The molecule has 0 saturated heterocycles. The Kier molecular flexibility index (Phi) is 3.57. The van der Waals surface area contributed by atoms with E-state index < -0.39 is 17.8 Å². The Morgan fingerprint density at radius 1 is 1.11 bits per heavy atom. The summed E-state index contributed by atoms with van der Waals surface area (Å²) < 4.78 is 38.7. The summed E-state index contributed by atoms with van der Waals surface area (Å²) in [5.74, 6) is 0. The maximum absolute atomic E-state index is 12.9. The number of aromatic nitrogens is 1. The first-order valence-electron chi connectivity index (χ1n) is 5.74. The maximum Gasteiger partial charge on any atom is 0.418 e. The Balaban J connectivity index is 2.44. The Labute approximate surface area is 109 Å². The van der Waals surface area contributed by atoms with E-state index in [4.69, 9.17) is 5.73 Å². The standard InChI is InChI=1S/C14H13F3N2/c1-9-4-6-10(7-5-9)12(18)13-11(14(15,16)17)3-2-8-19-13/h2-8,12H,18H2,1H3/t12-/m0/s1. The minimum absolute atomic E-state index is 0.154. The van der Waals surface area contributed by atoms with Crippen molar-refractivity contribution in [2.24, 2.45) is 5.73 Å². The van der Waals surface area contributed by atoms with Gasteiger partial charge in [-0.2, -0.15) is 13.2 Å². The highest BCUT2D eigenvalue weighted by atomic mass is 19.4. The zero-order chi connectivity index (χ0) is 14.0. The molecule has 0 radical (unpaired) electrons. The minimum Gasteiger partial charge on any atom is -0.319 e. The Morgan fingerprint density at radius 2 is 1.74 bits per heavy atom. The summed E-state index contributed by atoms with van der Waals surface area (Å²) in [7, 11) is 0. The SMILES string of the molecule is Cc1ccc([C@H](N)c2ncccc2C(F)(F)F)cc1. The van der Waals surface area contributed by atoms with Gasteiger partial charge in [-0.1, -0.05) is 29.8 Å². The van der Waals surface area contributed by atoms with E-state index in [2.05, 4.69) is 4.98 Å². The van der Waals surface area contributed by atoms with Crippen molar-refractivity contribution in [1.29, 1.82) is 0 Å². The number of alkyl halides is 3. The van der Waals surface area contributed by atoms with Gasteiger partial charge in [-0.25, -0.2) is 0 Å². The summed E-state index contributed by atoms with van der Waals surface area (Å²) in [6.07, 6.45) is -3.13. The molecule has 0 aliphatic carbocycles. The Bertz CT molecular complexity index is 562. The zero-order valence-electron chi connectivity index (χ0n) is 10.3. The van der Waals surface area contributed by atoms with E-state index in [9.17, 15) is 13.2 Å². The van der Waals surface area contributed by atoms with Crippen molar-refractivity contribution in [2.75, 3.05) is 0 Å². The van der Waals surface area contributed by atoms with Crippen LogP contribution in [0.15, 0.2) is 42.6 Å². The predicted octanol–water partition coefficient (Wildman–Crippen LogP) is 3.46. The number of aryl methyl sites for hydroxylation is 1. The molecule has 0 aliphatic heterocycles. The Morgan fingerprint density at radius 3 is 2.32 bits per heavy atom. The molecule has 1 heterocycles. The lowest BCUT2D eigenvalue weighted by atomic mass is 9.99. The third-order valence-electron chi connectivity index (χ3n) is 2.87. The monoisotopic (exact) mass is 266 g/mol. The second-order valence-corrected chi connectivity index (χ2v) is 4.32. The van der Waals surface area contributed by atoms with Gasteiger partial charge in [0.25, 0.3) is 0 Å². The van der Waals surface area contributed by atoms with Gasteiger partial charge in [0, 0.05) is 6.20 Å². The maximum atomic E-state index is 12.9. The van der Waals surface area contributed by atoms with E-state index in [1.807, 2.05) is 19.1 Å². The highest BCUT2D eigenvalue weighted by Gasteiger charge is 2.35. The van der Waals surface area contributed by atoms with Crippen LogP contribution in [0.3, 0.4) is 0 Å². The highest BCUT2D eigenvalue weighted by Crippen LogP contribution is 2.34. The second kappa shape index (κ2) is 5.01. The van der Waals surface area contributed by atoms with Crippen LogP contribution in [0.5, 0.6) is 0 Å². The van der Waals surface area contributed by atoms with E-state index in [1.54, 1.807) is 12.1 Å². The number of hydrogen-bond acceptors (Lipinski definition) is 2. The van der Waals surface area contributed by atoms with Gasteiger partial charge >= 0.3 is 6.18 Å². The van der Waals surface area contributed by atoms with Crippen LogP contribution in [0.1, 0.15) is 28.4 Å². The van der Waals surface area contributed by atoms with Gasteiger partial charge in [0.05, 0.1) is 17.3 Å². The first-order chi connectivity index (χ1) is 8.89. The van der Waals surface area contributed by atoms with E-state index in [1.165, 1.54) is 12.3 Å². The number of hydrogen-bond donors (Lipinski definition) is 1. The van der Waals surface area contributed by atoms with Gasteiger partial charge < -0.3 is 5.73 Å². The fraction of sp³-hybridized carbons (Fsp3) is 0.214. The number of halogens is 3. The molecule has 0 spiro atoms. The average Bonchev–Trinajstić information content (AvgIpc) is 2.38. The average molecular weight is 266 g/mol. The van der Waals surface area contributed by atoms with Crippen molar-refractivity contribution >= 4 is 0 Å². The lowest BCUT2D eigenvalue weighted by Crippen LogP contribution is -2.20. The summed E-state index contributed by atoms with van der Waals surface area (Å²) >= 11 is 0. The molecule has 0 unspecified atom stereocenters. The smallest absolute Gasteiger partial charge is 0.319 e. The van der Waals surface area contributed by atoms with Crippen molar-refractivity contribution in [2.45, 2.75) is 19.1 Å². The van der Waals surface area contributed by atoms with Gasteiger partial charge in [-0.05, 0) is 24.6 Å². The van der Waals surface area contributed by atoms with Crippen molar-refractivity contribution in [1.82, 2.24) is 4.98 Å². The quantitative estimate of drug-likeness (QED) is 0.904. The molecule has 1 atom stereocenters. The number of rotatable bonds is 2. The van der Waals surface area contributed by atoms with Crippen LogP contribution in [0.25, 0.3) is 0 Å². The van der Waals surface area contributed by atoms with Crippen LogP contribution < -0.4 is 5.73 Å². The fourth-order valence-corrected chi connectivity index (χ4v) is 1.84. The van der Waals surface area contributed by atoms with Crippen molar-refractivity contribution in [3.05, 3.63) is 65.0 Å². The first kappa shape index (κ1) is 13.5. The molecule has 0 saturated carbocycles. The summed E-state index contributed by atoms with van der Waals surface area (Å²) in [5.41, 5.74) is 6.59. The van der Waals surface area contributed by atoms with Crippen LogP contribution in [0.2, 0.25) is 0 Å². The van der Waals surface area contributed by atoms with Crippen molar-refractivity contribution < 1.29 is 13.2 Å². The molecular formula is C14H13F3N2. The van der Waals surface area contributed by atoms with Gasteiger partial charge in [0.15, 0.2) is 0 Å². The minimum atomic E-state index is -4.45. The summed E-state index contributed by atoms with van der Waals surface area (Å²) in [6.45, 7) is 1.90. The van der Waals surface area contributed by atoms with Crippen LogP contribution in [-0.2, 0) is 6.18 Å². The van der Waals surface area contributed by atoms with Crippen LogP contribution in [0, 0.1) is 6.92 Å². The largest absolute Gasteiger partial charge is 0.418 e.